The van der Waals surface area contributed by atoms with Gasteiger partial charge in [-0.3, -0.25) is 4.79 Å². The third-order valence-electron chi connectivity index (χ3n) is 9.40. The smallest absolute Gasteiger partial charge is 0.222 e. The summed E-state index contributed by atoms with van der Waals surface area (Å²) in [5.41, 5.74) is 0. The highest BCUT2D eigenvalue weighted by Crippen LogP contribution is 2.15. The van der Waals surface area contributed by atoms with Gasteiger partial charge in [-0.1, -0.05) is 179 Å². The number of aliphatic hydroxyl groups is 3. The molecule has 0 aliphatic carbocycles. The zero-order valence-electron chi connectivity index (χ0n) is 31.9. The number of amides is 1. The predicted molar refractivity (Wildman–Crippen MR) is 208 cm³/mol. The van der Waals surface area contributed by atoms with E-state index in [1.54, 1.807) is 6.08 Å². The molecule has 3 unspecified atom stereocenters. The lowest BCUT2D eigenvalue weighted by Crippen LogP contribution is -2.45. The van der Waals surface area contributed by atoms with Crippen molar-refractivity contribution >= 4 is 5.91 Å². The van der Waals surface area contributed by atoms with Crippen LogP contribution in [0, 0.1) is 0 Å². The molecule has 5 nitrogen and oxygen atoms in total. The second-order valence-corrected chi connectivity index (χ2v) is 14.2. The molecule has 4 N–H and O–H groups in total. The Balaban J connectivity index is 3.60. The minimum absolute atomic E-state index is 0.00354. The minimum atomic E-state index is -0.949. The van der Waals surface area contributed by atoms with Gasteiger partial charge in [0.05, 0.1) is 31.3 Å². The predicted octanol–water partition coefficient (Wildman–Crippen LogP) is 11.6. The molecule has 0 bridgehead atoms. The molecule has 0 fully saturated rings. The molecule has 0 spiro atoms. The number of nitrogens with one attached hydrogen (secondary N) is 1. The first-order chi connectivity index (χ1) is 23.5. The van der Waals surface area contributed by atoms with Crippen LogP contribution in [-0.2, 0) is 4.79 Å². The topological polar surface area (TPSA) is 89.8 Å². The van der Waals surface area contributed by atoms with Crippen molar-refractivity contribution in [1.82, 2.24) is 5.32 Å². The Morgan fingerprint density at radius 2 is 0.896 bits per heavy atom. The van der Waals surface area contributed by atoms with Crippen LogP contribution >= 0.6 is 0 Å². The van der Waals surface area contributed by atoms with Gasteiger partial charge >= 0.3 is 0 Å². The summed E-state index contributed by atoms with van der Waals surface area (Å²) in [7, 11) is 0. The summed E-state index contributed by atoms with van der Waals surface area (Å²) in [4.78, 5) is 12.4. The molecule has 0 aromatic rings. The maximum atomic E-state index is 12.4. The summed E-state index contributed by atoms with van der Waals surface area (Å²) < 4.78 is 0. The first-order valence-electron chi connectivity index (χ1n) is 20.8. The second kappa shape index (κ2) is 38.4. The Kier molecular flexibility index (Phi) is 37.2. The number of hydrogen-bond donors (Lipinski definition) is 4. The quantitative estimate of drug-likeness (QED) is 0.0390. The molecule has 1 amide bonds. The van der Waals surface area contributed by atoms with Crippen molar-refractivity contribution in [3.8, 4) is 0 Å². The van der Waals surface area contributed by atoms with Crippen LogP contribution in [0.25, 0.3) is 0 Å². The molecule has 0 aromatic heterocycles. The van der Waals surface area contributed by atoms with Crippen LogP contribution < -0.4 is 5.32 Å². The molecule has 0 heterocycles. The van der Waals surface area contributed by atoms with E-state index in [2.05, 4.69) is 43.5 Å². The van der Waals surface area contributed by atoms with E-state index in [4.69, 9.17) is 0 Å². The summed E-state index contributed by atoms with van der Waals surface area (Å²) >= 11 is 0. The summed E-state index contributed by atoms with van der Waals surface area (Å²) in [6, 6.07) is -0.759. The number of carbonyl (C=O) groups excluding carboxylic acids is 1. The van der Waals surface area contributed by atoms with E-state index in [-0.39, 0.29) is 18.9 Å². The van der Waals surface area contributed by atoms with Gasteiger partial charge in [-0.15, -0.1) is 0 Å². The zero-order valence-corrected chi connectivity index (χ0v) is 31.9. The summed E-state index contributed by atoms with van der Waals surface area (Å²) in [5, 5.41) is 33.0. The fourth-order valence-corrected chi connectivity index (χ4v) is 6.17. The number of aliphatic hydroxyl groups excluding tert-OH is 3. The average Bonchev–Trinajstić information content (AvgIpc) is 3.08. The normalized spacial score (nSPS) is 14.0. The standard InChI is InChI=1S/C43H81NO4/c1-3-5-7-9-11-13-14-15-16-17-18-19-20-21-22-23-24-25-26-27-29-30-32-34-36-40(46)38-43(48)44-41(39-45)42(47)37-35-33-31-28-12-10-8-6-4-2/h12,21-22,28,35,37,40-42,45-47H,3-11,13-20,23-27,29-34,36,38-39H2,1-2H3,(H,44,48)/b22-21-,28-12+,37-35+. The van der Waals surface area contributed by atoms with E-state index in [1.165, 1.54) is 148 Å². The Bertz CT molecular complexity index is 749. The third-order valence-corrected chi connectivity index (χ3v) is 9.40. The van der Waals surface area contributed by atoms with E-state index in [0.717, 1.165) is 32.1 Å². The summed E-state index contributed by atoms with van der Waals surface area (Å²) in [5.74, 6) is -0.330. The minimum Gasteiger partial charge on any atom is -0.394 e. The number of hydrogen-bond acceptors (Lipinski definition) is 4. The van der Waals surface area contributed by atoms with E-state index in [1.807, 2.05) is 6.08 Å². The lowest BCUT2D eigenvalue weighted by Gasteiger charge is -2.21. The molecule has 5 heteroatoms. The Morgan fingerprint density at radius 1 is 0.521 bits per heavy atom. The van der Waals surface area contributed by atoms with Crippen LogP contribution in [0.15, 0.2) is 36.5 Å². The van der Waals surface area contributed by atoms with Gasteiger partial charge in [0.15, 0.2) is 0 Å². The molecular weight excluding hydrogens is 594 g/mol. The first kappa shape index (κ1) is 46.6. The molecule has 0 aliphatic heterocycles. The Morgan fingerprint density at radius 3 is 1.38 bits per heavy atom. The van der Waals surface area contributed by atoms with Gasteiger partial charge in [0.25, 0.3) is 0 Å². The Hall–Kier alpha value is -1.43. The number of unbranched alkanes of at least 4 members (excludes halogenated alkanes) is 24. The lowest BCUT2D eigenvalue weighted by molar-refractivity contribution is -0.124. The monoisotopic (exact) mass is 676 g/mol. The maximum absolute atomic E-state index is 12.4. The van der Waals surface area contributed by atoms with Gasteiger partial charge in [0, 0.05) is 0 Å². The highest BCUT2D eigenvalue weighted by atomic mass is 16.3. The van der Waals surface area contributed by atoms with E-state index in [0.29, 0.717) is 6.42 Å². The molecule has 282 valence electrons. The van der Waals surface area contributed by atoms with Gasteiger partial charge in [-0.25, -0.2) is 0 Å². The van der Waals surface area contributed by atoms with E-state index >= 15 is 0 Å². The molecule has 48 heavy (non-hydrogen) atoms. The molecule has 0 aliphatic rings. The fraction of sp³-hybridized carbons (Fsp3) is 0.837. The lowest BCUT2D eigenvalue weighted by atomic mass is 10.0. The van der Waals surface area contributed by atoms with Crippen LogP contribution in [0.4, 0.5) is 0 Å². The molecule has 0 saturated heterocycles. The molecule has 0 saturated carbocycles. The Labute approximate surface area is 298 Å². The second-order valence-electron chi connectivity index (χ2n) is 14.2. The maximum Gasteiger partial charge on any atom is 0.222 e. The van der Waals surface area contributed by atoms with Crippen molar-refractivity contribution < 1.29 is 20.1 Å². The van der Waals surface area contributed by atoms with Crippen molar-refractivity contribution in [1.29, 1.82) is 0 Å². The van der Waals surface area contributed by atoms with Crippen molar-refractivity contribution in [3.63, 3.8) is 0 Å². The summed E-state index contributed by atoms with van der Waals surface area (Å²) in [6.45, 7) is 4.14. The summed E-state index contributed by atoms with van der Waals surface area (Å²) in [6.07, 6.45) is 47.3. The first-order valence-corrected chi connectivity index (χ1v) is 20.8. The zero-order chi connectivity index (χ0) is 35.2. The fourth-order valence-electron chi connectivity index (χ4n) is 6.17. The van der Waals surface area contributed by atoms with Gasteiger partial charge in [-0.05, 0) is 57.8 Å². The van der Waals surface area contributed by atoms with E-state index < -0.39 is 18.2 Å². The number of carbonyl (C=O) groups is 1. The van der Waals surface area contributed by atoms with Crippen LogP contribution in [0.5, 0.6) is 0 Å². The molecule has 0 aromatic carbocycles. The van der Waals surface area contributed by atoms with Crippen LogP contribution in [0.2, 0.25) is 0 Å². The van der Waals surface area contributed by atoms with Gasteiger partial charge in [0.2, 0.25) is 5.91 Å². The van der Waals surface area contributed by atoms with Gasteiger partial charge in [-0.2, -0.15) is 0 Å². The largest absolute Gasteiger partial charge is 0.394 e. The highest BCUT2D eigenvalue weighted by molar-refractivity contribution is 5.76. The average molecular weight is 676 g/mol. The number of rotatable bonds is 37. The van der Waals surface area contributed by atoms with E-state index in [9.17, 15) is 20.1 Å². The molecule has 0 radical (unpaired) electrons. The van der Waals surface area contributed by atoms with Crippen LogP contribution in [0.3, 0.4) is 0 Å². The molecule has 3 atom stereocenters. The van der Waals surface area contributed by atoms with Gasteiger partial charge in [0.1, 0.15) is 0 Å². The van der Waals surface area contributed by atoms with Crippen molar-refractivity contribution in [2.75, 3.05) is 6.61 Å². The van der Waals surface area contributed by atoms with Crippen molar-refractivity contribution in [2.24, 2.45) is 0 Å². The van der Waals surface area contributed by atoms with Crippen molar-refractivity contribution in [2.45, 2.75) is 225 Å². The SMILES string of the molecule is CCCCC/C=C/CC/C=C/C(O)C(CO)NC(=O)CC(O)CCCCCCCCCC/C=C\CCCCCCCCCCCCCC. The van der Waals surface area contributed by atoms with Gasteiger partial charge < -0.3 is 20.6 Å². The van der Waals surface area contributed by atoms with Crippen LogP contribution in [-0.4, -0.2) is 46.1 Å². The third kappa shape index (κ3) is 34.4. The number of allylic oxidation sites excluding steroid dienone is 5. The van der Waals surface area contributed by atoms with Crippen LogP contribution in [0.1, 0.15) is 206 Å². The highest BCUT2D eigenvalue weighted by Gasteiger charge is 2.20. The molecule has 0 rings (SSSR count). The molecular formula is C43H81NO4. The van der Waals surface area contributed by atoms with Crippen molar-refractivity contribution in [3.05, 3.63) is 36.5 Å².